The van der Waals surface area contributed by atoms with E-state index in [1.165, 1.54) is 0 Å². The molecule has 1 N–H and O–H groups in total. The quantitative estimate of drug-likeness (QED) is 0.829. The Labute approximate surface area is 101 Å². The molecule has 1 atom stereocenters. The maximum absolute atomic E-state index is 5.39. The second-order valence-corrected chi connectivity index (χ2v) is 3.97. The highest BCUT2D eigenvalue weighted by molar-refractivity contribution is 5.14. The molecule has 4 heteroatoms. The lowest BCUT2D eigenvalue weighted by molar-refractivity contribution is 0.448. The topological polar surface area (TPSA) is 51.0 Å². The van der Waals surface area contributed by atoms with Gasteiger partial charge < -0.3 is 9.73 Å². The zero-order valence-electron chi connectivity index (χ0n) is 9.97. The van der Waals surface area contributed by atoms with Crippen LogP contribution in [0, 0.1) is 0 Å². The van der Waals surface area contributed by atoms with Crippen LogP contribution in [0.4, 0.5) is 0 Å². The van der Waals surface area contributed by atoms with E-state index in [2.05, 4.69) is 22.4 Å². The van der Waals surface area contributed by atoms with E-state index in [-0.39, 0.29) is 6.04 Å². The molecule has 2 rings (SSSR count). The van der Waals surface area contributed by atoms with Crippen molar-refractivity contribution in [2.24, 2.45) is 0 Å². The minimum atomic E-state index is 0.233. The zero-order valence-corrected chi connectivity index (χ0v) is 9.97. The Morgan fingerprint density at radius 1 is 1.35 bits per heavy atom. The minimum Gasteiger partial charge on any atom is -0.469 e. The molecule has 2 heterocycles. The lowest BCUT2D eigenvalue weighted by Gasteiger charge is -2.17. The van der Waals surface area contributed by atoms with Crippen LogP contribution in [0.3, 0.4) is 0 Å². The van der Waals surface area contributed by atoms with E-state index in [1.54, 1.807) is 18.7 Å². The monoisotopic (exact) mass is 231 g/mol. The van der Waals surface area contributed by atoms with Crippen LogP contribution >= 0.6 is 0 Å². The number of hydrogen-bond acceptors (Lipinski definition) is 4. The van der Waals surface area contributed by atoms with Gasteiger partial charge in [0.1, 0.15) is 5.76 Å². The van der Waals surface area contributed by atoms with Gasteiger partial charge in [0, 0.05) is 18.7 Å². The van der Waals surface area contributed by atoms with E-state index in [0.29, 0.717) is 0 Å². The first kappa shape index (κ1) is 11.8. The summed E-state index contributed by atoms with van der Waals surface area (Å²) in [6, 6.07) is 6.13. The number of aromatic nitrogens is 2. The number of nitrogens with zero attached hydrogens (tertiary/aromatic N) is 2. The summed E-state index contributed by atoms with van der Waals surface area (Å²) >= 11 is 0. The molecule has 0 bridgehead atoms. The number of rotatable bonds is 6. The van der Waals surface area contributed by atoms with Gasteiger partial charge in [-0.2, -0.15) is 10.2 Å². The van der Waals surface area contributed by atoms with E-state index in [0.717, 1.165) is 30.7 Å². The normalized spacial score (nSPS) is 12.5. The zero-order chi connectivity index (χ0) is 11.9. The van der Waals surface area contributed by atoms with Crippen LogP contribution in [0.15, 0.2) is 41.3 Å². The molecular formula is C13H17N3O. The van der Waals surface area contributed by atoms with Crippen LogP contribution in [0.1, 0.15) is 30.7 Å². The predicted molar refractivity (Wildman–Crippen MR) is 65.5 cm³/mol. The van der Waals surface area contributed by atoms with Gasteiger partial charge in [0.2, 0.25) is 0 Å². The highest BCUT2D eigenvalue weighted by Gasteiger charge is 2.13. The molecule has 0 fully saturated rings. The summed E-state index contributed by atoms with van der Waals surface area (Å²) in [6.07, 6.45) is 7.16. The summed E-state index contributed by atoms with van der Waals surface area (Å²) in [6.45, 7) is 3.13. The SMILES string of the molecule is CCCNC(Cc1ccco1)c1ccnnc1. The largest absolute Gasteiger partial charge is 0.469 e. The van der Waals surface area contributed by atoms with Crippen LogP contribution in [0.2, 0.25) is 0 Å². The van der Waals surface area contributed by atoms with Crippen LogP contribution in [0.25, 0.3) is 0 Å². The summed E-state index contributed by atoms with van der Waals surface area (Å²) in [5.74, 6) is 0.982. The summed E-state index contributed by atoms with van der Waals surface area (Å²) in [5.41, 5.74) is 1.14. The molecule has 2 aromatic rings. The van der Waals surface area contributed by atoms with Crippen molar-refractivity contribution in [3.8, 4) is 0 Å². The molecule has 0 spiro atoms. The van der Waals surface area contributed by atoms with Crippen molar-refractivity contribution in [1.82, 2.24) is 15.5 Å². The number of hydrogen-bond donors (Lipinski definition) is 1. The molecule has 0 aromatic carbocycles. The van der Waals surface area contributed by atoms with Gasteiger partial charge in [0.05, 0.1) is 12.5 Å². The van der Waals surface area contributed by atoms with Crippen LogP contribution in [0.5, 0.6) is 0 Å². The Bertz CT molecular complexity index is 413. The number of furan rings is 1. The van der Waals surface area contributed by atoms with Gasteiger partial charge in [-0.1, -0.05) is 6.92 Å². The van der Waals surface area contributed by atoms with Crippen molar-refractivity contribution in [2.45, 2.75) is 25.8 Å². The van der Waals surface area contributed by atoms with Crippen molar-refractivity contribution in [1.29, 1.82) is 0 Å². The van der Waals surface area contributed by atoms with Crippen molar-refractivity contribution in [3.63, 3.8) is 0 Å². The fourth-order valence-electron chi connectivity index (χ4n) is 1.76. The second kappa shape index (κ2) is 6.15. The highest BCUT2D eigenvalue weighted by atomic mass is 16.3. The molecular weight excluding hydrogens is 214 g/mol. The van der Waals surface area contributed by atoms with Crippen molar-refractivity contribution >= 4 is 0 Å². The number of nitrogens with one attached hydrogen (secondary N) is 1. The van der Waals surface area contributed by atoms with E-state index < -0.39 is 0 Å². The second-order valence-electron chi connectivity index (χ2n) is 3.97. The van der Waals surface area contributed by atoms with Gasteiger partial charge in [-0.15, -0.1) is 0 Å². The minimum absolute atomic E-state index is 0.233. The summed E-state index contributed by atoms with van der Waals surface area (Å²) in [5, 5.41) is 11.2. The third-order valence-corrected chi connectivity index (χ3v) is 2.64. The average molecular weight is 231 g/mol. The van der Waals surface area contributed by atoms with E-state index in [4.69, 9.17) is 4.42 Å². The molecule has 17 heavy (non-hydrogen) atoms. The Balaban J connectivity index is 2.08. The van der Waals surface area contributed by atoms with E-state index >= 15 is 0 Å². The maximum atomic E-state index is 5.39. The standard InChI is InChI=1S/C13H17N3O/c1-2-6-14-13(9-12-4-3-8-17-12)11-5-7-15-16-10-11/h3-5,7-8,10,13-14H,2,6,9H2,1H3. The van der Waals surface area contributed by atoms with E-state index in [9.17, 15) is 0 Å². The van der Waals surface area contributed by atoms with Crippen molar-refractivity contribution < 1.29 is 4.42 Å². The van der Waals surface area contributed by atoms with E-state index in [1.807, 2.05) is 18.2 Å². The molecule has 0 aliphatic rings. The smallest absolute Gasteiger partial charge is 0.105 e. The first-order valence-electron chi connectivity index (χ1n) is 5.92. The fraction of sp³-hybridized carbons (Fsp3) is 0.385. The van der Waals surface area contributed by atoms with Gasteiger partial charge in [-0.3, -0.25) is 0 Å². The maximum Gasteiger partial charge on any atom is 0.105 e. The third-order valence-electron chi connectivity index (χ3n) is 2.64. The molecule has 0 radical (unpaired) electrons. The lowest BCUT2D eigenvalue weighted by Crippen LogP contribution is -2.24. The van der Waals surface area contributed by atoms with Crippen molar-refractivity contribution in [2.75, 3.05) is 6.54 Å². The molecule has 0 saturated heterocycles. The first-order chi connectivity index (χ1) is 8.40. The Hall–Kier alpha value is -1.68. The summed E-state index contributed by atoms with van der Waals surface area (Å²) in [4.78, 5) is 0. The molecule has 0 amide bonds. The van der Waals surface area contributed by atoms with Crippen LogP contribution in [-0.2, 0) is 6.42 Å². The average Bonchev–Trinajstić information content (AvgIpc) is 2.88. The first-order valence-corrected chi connectivity index (χ1v) is 5.92. The molecule has 90 valence electrons. The van der Waals surface area contributed by atoms with Gasteiger partial charge in [0.15, 0.2) is 0 Å². The van der Waals surface area contributed by atoms with Gasteiger partial charge in [-0.25, -0.2) is 0 Å². The molecule has 0 saturated carbocycles. The van der Waals surface area contributed by atoms with Gasteiger partial charge >= 0.3 is 0 Å². The molecule has 2 aromatic heterocycles. The fourth-order valence-corrected chi connectivity index (χ4v) is 1.76. The molecule has 0 aliphatic heterocycles. The van der Waals surface area contributed by atoms with Crippen LogP contribution < -0.4 is 5.32 Å². The van der Waals surface area contributed by atoms with Crippen molar-refractivity contribution in [3.05, 3.63) is 48.2 Å². The Kier molecular flexibility index (Phi) is 4.27. The highest BCUT2D eigenvalue weighted by Crippen LogP contribution is 2.17. The predicted octanol–water partition coefficient (Wildman–Crippen LogP) is 2.35. The molecule has 4 nitrogen and oxygen atoms in total. The third kappa shape index (κ3) is 3.39. The lowest BCUT2D eigenvalue weighted by atomic mass is 10.0. The summed E-state index contributed by atoms with van der Waals surface area (Å²) < 4.78 is 5.39. The molecule has 0 aliphatic carbocycles. The van der Waals surface area contributed by atoms with Gasteiger partial charge in [-0.05, 0) is 36.7 Å². The Morgan fingerprint density at radius 2 is 2.29 bits per heavy atom. The summed E-state index contributed by atoms with van der Waals surface area (Å²) in [7, 11) is 0. The molecule has 1 unspecified atom stereocenters. The van der Waals surface area contributed by atoms with Gasteiger partial charge in [0.25, 0.3) is 0 Å². The Morgan fingerprint density at radius 3 is 2.94 bits per heavy atom. The van der Waals surface area contributed by atoms with Crippen LogP contribution in [-0.4, -0.2) is 16.7 Å².